The van der Waals surface area contributed by atoms with Crippen LogP contribution < -0.4 is 0 Å². The number of nitrogens with zero attached hydrogens (tertiary/aromatic N) is 2. The van der Waals surface area contributed by atoms with Crippen molar-refractivity contribution in [3.63, 3.8) is 0 Å². The van der Waals surface area contributed by atoms with Gasteiger partial charge in [-0.2, -0.15) is 5.06 Å². The molecule has 1 unspecified atom stereocenters. The molecule has 15 heavy (non-hydrogen) atoms. The summed E-state index contributed by atoms with van der Waals surface area (Å²) >= 11 is 0. The van der Waals surface area contributed by atoms with Gasteiger partial charge in [0.1, 0.15) is 0 Å². The van der Waals surface area contributed by atoms with E-state index in [9.17, 15) is 10.3 Å². The van der Waals surface area contributed by atoms with Crippen molar-refractivity contribution in [1.29, 1.82) is 0 Å². The lowest BCUT2D eigenvalue weighted by atomic mass is 10.2. The van der Waals surface area contributed by atoms with Gasteiger partial charge < -0.3 is 10.3 Å². The van der Waals surface area contributed by atoms with E-state index in [1.165, 1.54) is 6.21 Å². The summed E-state index contributed by atoms with van der Waals surface area (Å²) < 4.78 is 0. The number of allylic oxidation sites excluding steroid dienone is 4. The minimum Gasteiger partial charge on any atom is -0.371 e. The molecule has 0 aromatic carbocycles. The van der Waals surface area contributed by atoms with E-state index >= 15 is 0 Å². The molecule has 0 heterocycles. The smallest absolute Gasteiger partial charge is 0.165 e. The Kier molecular flexibility index (Phi) is 4.97. The van der Waals surface area contributed by atoms with E-state index in [2.05, 4.69) is 4.99 Å². The van der Waals surface area contributed by atoms with Crippen LogP contribution in [-0.4, -0.2) is 41.4 Å². The third-order valence-electron chi connectivity index (χ3n) is 2.01. The van der Waals surface area contributed by atoms with Crippen LogP contribution in [0.15, 0.2) is 40.9 Å². The number of aliphatic hydroxyl groups is 1. The van der Waals surface area contributed by atoms with Gasteiger partial charge in [-0.05, 0) is 12.0 Å². The number of aliphatic imine (C=N–C) groups is 1. The fourth-order valence-corrected chi connectivity index (χ4v) is 1.23. The molecule has 0 saturated carbocycles. The maximum absolute atomic E-state index is 9.49. The van der Waals surface area contributed by atoms with Crippen LogP contribution in [0.4, 0.5) is 0 Å². The van der Waals surface area contributed by atoms with Crippen LogP contribution in [0.3, 0.4) is 0 Å². The first-order valence-electron chi connectivity index (χ1n) is 4.82. The molecule has 0 saturated heterocycles. The molecule has 0 aromatic rings. The Bertz CT molecular complexity index is 306. The van der Waals surface area contributed by atoms with Crippen molar-refractivity contribution in [2.75, 3.05) is 13.6 Å². The summed E-state index contributed by atoms with van der Waals surface area (Å²) in [7, 11) is 1.55. The highest BCUT2D eigenvalue weighted by molar-refractivity contribution is 5.61. The van der Waals surface area contributed by atoms with Crippen molar-refractivity contribution in [2.45, 2.75) is 12.6 Å². The van der Waals surface area contributed by atoms with Gasteiger partial charge in [-0.15, -0.1) is 0 Å². The lowest BCUT2D eigenvalue weighted by Gasteiger charge is -2.18. The molecule has 1 rings (SSSR count). The summed E-state index contributed by atoms with van der Waals surface area (Å²) in [6.07, 6.45) is 10.9. The Balaban J connectivity index is 2.50. The zero-order valence-electron chi connectivity index (χ0n) is 8.74. The molecule has 1 atom stereocenters. The first-order valence-corrected chi connectivity index (χ1v) is 4.82. The number of hydrogen-bond donors (Lipinski definition) is 2. The second kappa shape index (κ2) is 6.29. The highest BCUT2D eigenvalue weighted by atomic mass is 16.5. The fourth-order valence-electron chi connectivity index (χ4n) is 1.23. The van der Waals surface area contributed by atoms with E-state index < -0.39 is 6.23 Å². The molecule has 0 fully saturated rings. The van der Waals surface area contributed by atoms with Gasteiger partial charge in [0.25, 0.3) is 0 Å². The Labute approximate surface area is 89.5 Å². The monoisotopic (exact) mass is 208 g/mol. The van der Waals surface area contributed by atoms with E-state index in [1.807, 2.05) is 30.4 Å². The van der Waals surface area contributed by atoms with E-state index in [0.717, 1.165) is 17.1 Å². The van der Waals surface area contributed by atoms with E-state index in [-0.39, 0.29) is 6.54 Å². The zero-order valence-corrected chi connectivity index (χ0v) is 8.74. The summed E-state index contributed by atoms with van der Waals surface area (Å²) in [6.45, 7) is 0.283. The van der Waals surface area contributed by atoms with Crippen LogP contribution in [0, 0.1) is 0 Å². The van der Waals surface area contributed by atoms with Crippen LogP contribution in [0.2, 0.25) is 0 Å². The Morgan fingerprint density at radius 2 is 2.40 bits per heavy atom. The molecule has 0 radical (unpaired) electrons. The molecular formula is C11H16N2O2. The van der Waals surface area contributed by atoms with Crippen LogP contribution in [0.25, 0.3) is 0 Å². The molecule has 1 aliphatic carbocycles. The third-order valence-corrected chi connectivity index (χ3v) is 2.01. The van der Waals surface area contributed by atoms with Gasteiger partial charge in [0.05, 0.1) is 6.54 Å². The van der Waals surface area contributed by atoms with Crippen molar-refractivity contribution < 1.29 is 10.3 Å². The maximum atomic E-state index is 9.49. The second-order valence-electron chi connectivity index (χ2n) is 3.22. The second-order valence-corrected chi connectivity index (χ2v) is 3.22. The van der Waals surface area contributed by atoms with Crippen molar-refractivity contribution >= 4 is 6.21 Å². The van der Waals surface area contributed by atoms with Gasteiger partial charge in [-0.3, -0.25) is 4.99 Å². The molecule has 0 amide bonds. The van der Waals surface area contributed by atoms with Gasteiger partial charge in [0, 0.05) is 13.3 Å². The average molecular weight is 208 g/mol. The largest absolute Gasteiger partial charge is 0.371 e. The number of hydrogen-bond acceptors (Lipinski definition) is 4. The standard InChI is InChI=1S/C11H16N2O2/c1-12-8-11(14)13(15)9-10-6-4-2-3-5-7-10/h2-4,6-8,11,14-15H,5,9H2,1H3. The molecule has 1 aliphatic rings. The van der Waals surface area contributed by atoms with Crippen molar-refractivity contribution in [1.82, 2.24) is 5.06 Å². The number of rotatable bonds is 4. The highest BCUT2D eigenvalue weighted by Gasteiger charge is 2.10. The third kappa shape index (κ3) is 4.20. The lowest BCUT2D eigenvalue weighted by molar-refractivity contribution is -0.159. The Hall–Kier alpha value is -1.23. The van der Waals surface area contributed by atoms with Crippen LogP contribution in [0.1, 0.15) is 6.42 Å². The topological polar surface area (TPSA) is 56.1 Å². The summed E-state index contributed by atoms with van der Waals surface area (Å²) in [6, 6.07) is 0. The summed E-state index contributed by atoms with van der Waals surface area (Å²) in [5.41, 5.74) is 0.964. The minimum absolute atomic E-state index is 0.283. The van der Waals surface area contributed by atoms with Crippen LogP contribution in [0.5, 0.6) is 0 Å². The predicted octanol–water partition coefficient (Wildman–Crippen LogP) is 1.14. The molecule has 4 heteroatoms. The number of hydroxylamine groups is 2. The van der Waals surface area contributed by atoms with Crippen molar-refractivity contribution in [2.24, 2.45) is 4.99 Å². The van der Waals surface area contributed by atoms with Gasteiger partial charge >= 0.3 is 0 Å². The molecule has 0 bridgehead atoms. The first-order chi connectivity index (χ1) is 7.24. The van der Waals surface area contributed by atoms with Gasteiger partial charge in [0.15, 0.2) is 6.23 Å². The first kappa shape index (κ1) is 11.8. The SMILES string of the molecule is CN=CC(O)N(O)CC1=CCC=CC=C1. The maximum Gasteiger partial charge on any atom is 0.165 e. The van der Waals surface area contributed by atoms with E-state index in [0.29, 0.717) is 0 Å². The zero-order chi connectivity index (χ0) is 11.1. The quantitative estimate of drug-likeness (QED) is 0.414. The molecular weight excluding hydrogens is 192 g/mol. The van der Waals surface area contributed by atoms with Crippen molar-refractivity contribution in [3.05, 3.63) is 36.0 Å². The van der Waals surface area contributed by atoms with Crippen molar-refractivity contribution in [3.8, 4) is 0 Å². The average Bonchev–Trinajstić information content (AvgIpc) is 2.46. The van der Waals surface area contributed by atoms with Crippen LogP contribution >= 0.6 is 0 Å². The molecule has 82 valence electrons. The highest BCUT2D eigenvalue weighted by Crippen LogP contribution is 2.07. The number of aliphatic hydroxyl groups excluding tert-OH is 1. The predicted molar refractivity (Wildman–Crippen MR) is 59.9 cm³/mol. The lowest BCUT2D eigenvalue weighted by Crippen LogP contribution is -2.34. The Morgan fingerprint density at radius 1 is 1.60 bits per heavy atom. The minimum atomic E-state index is -1.06. The molecule has 2 N–H and O–H groups in total. The molecule has 0 aliphatic heterocycles. The van der Waals surface area contributed by atoms with Gasteiger partial charge in [0.2, 0.25) is 0 Å². The summed E-state index contributed by atoms with van der Waals surface area (Å²) in [4.78, 5) is 3.64. The fraction of sp³-hybridized carbons (Fsp3) is 0.364. The van der Waals surface area contributed by atoms with E-state index in [4.69, 9.17) is 0 Å². The van der Waals surface area contributed by atoms with Gasteiger partial charge in [-0.1, -0.05) is 30.4 Å². The normalized spacial score (nSPS) is 18.3. The van der Waals surface area contributed by atoms with Gasteiger partial charge in [-0.25, -0.2) is 0 Å². The summed E-state index contributed by atoms with van der Waals surface area (Å²) in [5.74, 6) is 0. The van der Waals surface area contributed by atoms with Crippen LogP contribution in [-0.2, 0) is 0 Å². The summed E-state index contributed by atoms with van der Waals surface area (Å²) in [5, 5.41) is 19.7. The van der Waals surface area contributed by atoms with E-state index in [1.54, 1.807) is 7.05 Å². The Morgan fingerprint density at radius 3 is 3.13 bits per heavy atom. The molecule has 0 spiro atoms. The molecule has 4 nitrogen and oxygen atoms in total. The molecule has 0 aromatic heterocycles.